The van der Waals surface area contributed by atoms with Gasteiger partial charge in [-0.05, 0) is 18.2 Å². The van der Waals surface area contributed by atoms with E-state index in [1.165, 1.54) is 12.1 Å². The molecule has 22 heavy (non-hydrogen) atoms. The highest BCUT2D eigenvalue weighted by Crippen LogP contribution is 2.41. The molecule has 0 radical (unpaired) electrons. The van der Waals surface area contributed by atoms with E-state index in [0.717, 1.165) is 11.0 Å². The van der Waals surface area contributed by atoms with Gasteiger partial charge in [-0.2, -0.15) is 18.4 Å². The number of imide groups is 1. The summed E-state index contributed by atoms with van der Waals surface area (Å²) in [5.74, 6) is -1.74. The standard InChI is InChI=1S/C15H13F3N2O2/c1-8-12(21)20(13(22)14(8,2)3)10-5-4-9(7-19)11(6-10)15(16,17)18/h4-6,8H,1-3H3. The zero-order valence-electron chi connectivity index (χ0n) is 12.2. The maximum absolute atomic E-state index is 13.0. The van der Waals surface area contributed by atoms with Crippen molar-refractivity contribution in [3.05, 3.63) is 29.3 Å². The number of nitrogens with zero attached hydrogens (tertiary/aromatic N) is 2. The Morgan fingerprint density at radius 1 is 1.27 bits per heavy atom. The SMILES string of the molecule is CC1C(=O)N(c2ccc(C#N)c(C(F)(F)F)c2)C(=O)C1(C)C. The molecule has 0 aromatic heterocycles. The first kappa shape index (κ1) is 16.0. The summed E-state index contributed by atoms with van der Waals surface area (Å²) in [6.07, 6.45) is -4.74. The number of rotatable bonds is 1. The van der Waals surface area contributed by atoms with Gasteiger partial charge in [-0.1, -0.05) is 20.8 Å². The number of nitriles is 1. The average Bonchev–Trinajstić information content (AvgIpc) is 2.58. The van der Waals surface area contributed by atoms with Crippen LogP contribution in [0.25, 0.3) is 0 Å². The van der Waals surface area contributed by atoms with Crippen molar-refractivity contribution in [2.45, 2.75) is 26.9 Å². The molecule has 1 unspecified atom stereocenters. The highest BCUT2D eigenvalue weighted by molar-refractivity contribution is 6.23. The van der Waals surface area contributed by atoms with Crippen LogP contribution in [0.5, 0.6) is 0 Å². The second-order valence-electron chi connectivity index (χ2n) is 5.76. The molecule has 1 aromatic carbocycles. The van der Waals surface area contributed by atoms with E-state index in [9.17, 15) is 22.8 Å². The summed E-state index contributed by atoms with van der Waals surface area (Å²) in [6.45, 7) is 4.72. The molecular formula is C15H13F3N2O2. The van der Waals surface area contributed by atoms with Crippen molar-refractivity contribution in [2.75, 3.05) is 4.90 Å². The summed E-state index contributed by atoms with van der Waals surface area (Å²) < 4.78 is 39.0. The van der Waals surface area contributed by atoms with Crippen LogP contribution in [0.1, 0.15) is 31.9 Å². The lowest BCUT2D eigenvalue weighted by Gasteiger charge is -2.20. The minimum absolute atomic E-state index is 0.168. The minimum atomic E-state index is -4.74. The molecule has 1 aliphatic heterocycles. The van der Waals surface area contributed by atoms with Crippen LogP contribution in [0.2, 0.25) is 0 Å². The first-order valence-electron chi connectivity index (χ1n) is 6.51. The third-order valence-electron chi connectivity index (χ3n) is 4.11. The summed E-state index contributed by atoms with van der Waals surface area (Å²) in [7, 11) is 0. The first-order chi connectivity index (χ1) is 10.0. The third kappa shape index (κ3) is 2.25. The lowest BCUT2D eigenvalue weighted by atomic mass is 9.82. The third-order valence-corrected chi connectivity index (χ3v) is 4.11. The molecule has 1 saturated heterocycles. The number of alkyl halides is 3. The fourth-order valence-corrected chi connectivity index (χ4v) is 2.32. The first-order valence-corrected chi connectivity index (χ1v) is 6.51. The van der Waals surface area contributed by atoms with Crippen molar-refractivity contribution >= 4 is 17.5 Å². The molecule has 7 heteroatoms. The van der Waals surface area contributed by atoms with Gasteiger partial charge in [0.2, 0.25) is 11.8 Å². The molecule has 0 saturated carbocycles. The Kier molecular flexibility index (Phi) is 3.52. The normalized spacial score (nSPS) is 21.1. The molecule has 1 heterocycles. The van der Waals surface area contributed by atoms with Crippen LogP contribution in [-0.4, -0.2) is 11.8 Å². The van der Waals surface area contributed by atoms with Gasteiger partial charge in [-0.25, -0.2) is 4.90 Å². The molecule has 0 N–H and O–H groups in total. The number of benzene rings is 1. The van der Waals surface area contributed by atoms with Gasteiger partial charge >= 0.3 is 6.18 Å². The molecule has 2 amide bonds. The van der Waals surface area contributed by atoms with Crippen LogP contribution < -0.4 is 4.90 Å². The number of halogens is 3. The smallest absolute Gasteiger partial charge is 0.274 e. The van der Waals surface area contributed by atoms with E-state index in [-0.39, 0.29) is 5.69 Å². The lowest BCUT2D eigenvalue weighted by Crippen LogP contribution is -2.33. The number of carbonyl (C=O) groups is 2. The van der Waals surface area contributed by atoms with Gasteiger partial charge in [-0.3, -0.25) is 9.59 Å². The second-order valence-corrected chi connectivity index (χ2v) is 5.76. The van der Waals surface area contributed by atoms with Gasteiger partial charge in [0.25, 0.3) is 0 Å². The van der Waals surface area contributed by atoms with Gasteiger partial charge < -0.3 is 0 Å². The van der Waals surface area contributed by atoms with Crippen LogP contribution in [0.3, 0.4) is 0 Å². The van der Waals surface area contributed by atoms with Crippen LogP contribution in [0.4, 0.5) is 18.9 Å². The van der Waals surface area contributed by atoms with Gasteiger partial charge in [0.15, 0.2) is 0 Å². The van der Waals surface area contributed by atoms with E-state index in [1.807, 2.05) is 0 Å². The Morgan fingerprint density at radius 2 is 1.86 bits per heavy atom. The van der Waals surface area contributed by atoms with Crippen LogP contribution in [0.15, 0.2) is 18.2 Å². The number of anilines is 1. The highest BCUT2D eigenvalue weighted by atomic mass is 19.4. The molecule has 2 rings (SSSR count). The monoisotopic (exact) mass is 310 g/mol. The topological polar surface area (TPSA) is 61.2 Å². The van der Waals surface area contributed by atoms with E-state index in [1.54, 1.807) is 20.8 Å². The summed E-state index contributed by atoms with van der Waals surface area (Å²) in [5.41, 5.74) is -2.87. The maximum Gasteiger partial charge on any atom is 0.417 e. The predicted octanol–water partition coefficient (Wildman–Crippen LogP) is 3.11. The minimum Gasteiger partial charge on any atom is -0.274 e. The zero-order chi connectivity index (χ0) is 16.9. The number of hydrogen-bond acceptors (Lipinski definition) is 3. The van der Waals surface area contributed by atoms with E-state index in [0.29, 0.717) is 6.07 Å². The Balaban J connectivity index is 2.58. The molecule has 1 atom stereocenters. The Labute approximate surface area is 125 Å². The maximum atomic E-state index is 13.0. The van der Waals surface area contributed by atoms with Gasteiger partial charge in [0.05, 0.1) is 34.2 Å². The van der Waals surface area contributed by atoms with Crippen molar-refractivity contribution < 1.29 is 22.8 Å². The van der Waals surface area contributed by atoms with Crippen molar-refractivity contribution in [1.29, 1.82) is 5.26 Å². The Morgan fingerprint density at radius 3 is 2.27 bits per heavy atom. The van der Waals surface area contributed by atoms with E-state index in [4.69, 9.17) is 5.26 Å². The van der Waals surface area contributed by atoms with Crippen LogP contribution >= 0.6 is 0 Å². The molecule has 4 nitrogen and oxygen atoms in total. The molecule has 0 aliphatic carbocycles. The van der Waals surface area contributed by atoms with E-state index >= 15 is 0 Å². The van der Waals surface area contributed by atoms with Crippen molar-refractivity contribution in [2.24, 2.45) is 11.3 Å². The molecule has 0 spiro atoms. The number of hydrogen-bond donors (Lipinski definition) is 0. The predicted molar refractivity (Wildman–Crippen MR) is 71.6 cm³/mol. The van der Waals surface area contributed by atoms with Crippen molar-refractivity contribution in [1.82, 2.24) is 0 Å². The van der Waals surface area contributed by atoms with Crippen molar-refractivity contribution in [3.63, 3.8) is 0 Å². The van der Waals surface area contributed by atoms with E-state index < -0.39 is 40.5 Å². The largest absolute Gasteiger partial charge is 0.417 e. The number of amides is 2. The molecule has 1 aromatic rings. The molecule has 1 fully saturated rings. The Bertz CT molecular complexity index is 702. The summed E-state index contributed by atoms with van der Waals surface area (Å²) >= 11 is 0. The summed E-state index contributed by atoms with van der Waals surface area (Å²) in [5, 5.41) is 8.77. The van der Waals surface area contributed by atoms with Crippen LogP contribution in [0, 0.1) is 22.7 Å². The van der Waals surface area contributed by atoms with Crippen LogP contribution in [-0.2, 0) is 15.8 Å². The molecule has 0 bridgehead atoms. The average molecular weight is 310 g/mol. The fraction of sp³-hybridized carbons (Fsp3) is 0.400. The van der Waals surface area contributed by atoms with Gasteiger partial charge in [-0.15, -0.1) is 0 Å². The molecule has 1 aliphatic rings. The quantitative estimate of drug-likeness (QED) is 0.749. The van der Waals surface area contributed by atoms with Gasteiger partial charge in [0.1, 0.15) is 0 Å². The summed E-state index contributed by atoms with van der Waals surface area (Å²) in [4.78, 5) is 25.3. The highest BCUT2D eigenvalue weighted by Gasteiger charge is 2.52. The lowest BCUT2D eigenvalue weighted by molar-refractivity contribution is -0.138. The fourth-order valence-electron chi connectivity index (χ4n) is 2.32. The summed E-state index contributed by atoms with van der Waals surface area (Å²) in [6, 6.07) is 4.27. The zero-order valence-corrected chi connectivity index (χ0v) is 12.2. The molecular weight excluding hydrogens is 297 g/mol. The van der Waals surface area contributed by atoms with Crippen molar-refractivity contribution in [3.8, 4) is 6.07 Å². The second kappa shape index (κ2) is 4.83. The van der Waals surface area contributed by atoms with E-state index in [2.05, 4.69) is 0 Å². The number of carbonyl (C=O) groups excluding carboxylic acids is 2. The van der Waals surface area contributed by atoms with Gasteiger partial charge in [0, 0.05) is 0 Å². The molecule has 116 valence electrons. The Hall–Kier alpha value is -2.36.